The van der Waals surface area contributed by atoms with Gasteiger partial charge in [0.15, 0.2) is 0 Å². The largest absolute Gasteiger partial charge is 0.322 e. The summed E-state index contributed by atoms with van der Waals surface area (Å²) in [6, 6.07) is 32.8. The van der Waals surface area contributed by atoms with Crippen molar-refractivity contribution in [2.75, 3.05) is 11.1 Å². The number of para-hydroxylation sites is 1. The van der Waals surface area contributed by atoms with Gasteiger partial charge < -0.3 is 10.2 Å². The molecule has 0 spiro atoms. The van der Waals surface area contributed by atoms with Crippen molar-refractivity contribution >= 4 is 40.9 Å². The molecule has 1 aliphatic heterocycles. The maximum Gasteiger partial charge on any atom is 0.255 e. The Labute approximate surface area is 213 Å². The monoisotopic (exact) mass is 498 g/mol. The number of halogens is 1. The average molecular weight is 499 g/mol. The van der Waals surface area contributed by atoms with Crippen LogP contribution in [-0.4, -0.2) is 22.5 Å². The number of carbonyl (C=O) groups excluding carboxylic acids is 2. The van der Waals surface area contributed by atoms with E-state index in [0.29, 0.717) is 22.9 Å². The Morgan fingerprint density at radius 3 is 2.31 bits per heavy atom. The second kappa shape index (κ2) is 10.4. The fourth-order valence-electron chi connectivity index (χ4n) is 4.14. The number of rotatable bonds is 6. The SMILES string of the molecule is O=C(Nc1ccccc1-c1ccccc1)c1ccc([C@H]2SCC(=O)N2Cc2ccc(Cl)cc2)cc1. The van der Waals surface area contributed by atoms with Crippen molar-refractivity contribution in [3.05, 3.63) is 125 Å². The summed E-state index contributed by atoms with van der Waals surface area (Å²) in [5, 5.41) is 3.63. The van der Waals surface area contributed by atoms with Crippen molar-refractivity contribution in [1.82, 2.24) is 4.90 Å². The van der Waals surface area contributed by atoms with Gasteiger partial charge in [0.2, 0.25) is 5.91 Å². The highest BCUT2D eigenvalue weighted by atomic mass is 35.5. The van der Waals surface area contributed by atoms with Crippen molar-refractivity contribution in [2.24, 2.45) is 0 Å². The molecule has 0 radical (unpaired) electrons. The van der Waals surface area contributed by atoms with Crippen molar-refractivity contribution in [2.45, 2.75) is 11.9 Å². The van der Waals surface area contributed by atoms with E-state index in [4.69, 9.17) is 11.6 Å². The summed E-state index contributed by atoms with van der Waals surface area (Å²) in [7, 11) is 0. The van der Waals surface area contributed by atoms with Crippen LogP contribution in [0, 0.1) is 0 Å². The van der Waals surface area contributed by atoms with E-state index in [1.807, 2.05) is 108 Å². The molecule has 4 aromatic rings. The fraction of sp³-hybridized carbons (Fsp3) is 0.103. The third-order valence-electron chi connectivity index (χ3n) is 5.95. The second-order valence-corrected chi connectivity index (χ2v) is 9.80. The zero-order valence-electron chi connectivity index (χ0n) is 18.9. The number of hydrogen-bond donors (Lipinski definition) is 1. The lowest BCUT2D eigenvalue weighted by atomic mass is 10.0. The average Bonchev–Trinajstić information content (AvgIpc) is 3.26. The molecule has 35 heavy (non-hydrogen) atoms. The molecule has 0 bridgehead atoms. The molecule has 5 rings (SSSR count). The van der Waals surface area contributed by atoms with Gasteiger partial charge in [-0.3, -0.25) is 9.59 Å². The Kier molecular flexibility index (Phi) is 6.89. The van der Waals surface area contributed by atoms with Crippen LogP contribution < -0.4 is 5.32 Å². The van der Waals surface area contributed by atoms with E-state index < -0.39 is 0 Å². The first-order valence-electron chi connectivity index (χ1n) is 11.3. The summed E-state index contributed by atoms with van der Waals surface area (Å²) in [4.78, 5) is 27.5. The standard InChI is InChI=1S/C29H23ClN2O2S/c30-24-16-10-20(11-17-24)18-32-27(33)19-35-29(32)23-14-12-22(13-15-23)28(34)31-26-9-5-4-8-25(26)21-6-2-1-3-7-21/h1-17,29H,18-19H2,(H,31,34)/t29-/m1/s1. The van der Waals surface area contributed by atoms with Gasteiger partial charge in [-0.25, -0.2) is 0 Å². The highest BCUT2D eigenvalue weighted by molar-refractivity contribution is 8.00. The van der Waals surface area contributed by atoms with E-state index in [1.54, 1.807) is 11.8 Å². The molecular formula is C29H23ClN2O2S. The van der Waals surface area contributed by atoms with Crippen LogP contribution in [0.2, 0.25) is 5.02 Å². The molecule has 1 atom stereocenters. The van der Waals surface area contributed by atoms with Gasteiger partial charge >= 0.3 is 0 Å². The second-order valence-electron chi connectivity index (χ2n) is 8.30. The summed E-state index contributed by atoms with van der Waals surface area (Å²) >= 11 is 7.60. The van der Waals surface area contributed by atoms with E-state index in [9.17, 15) is 9.59 Å². The van der Waals surface area contributed by atoms with Crippen LogP contribution in [0.25, 0.3) is 11.1 Å². The van der Waals surface area contributed by atoms with Crippen LogP contribution in [0.15, 0.2) is 103 Å². The maximum atomic E-state index is 13.0. The summed E-state index contributed by atoms with van der Waals surface area (Å²) in [5.74, 6) is 0.374. The Morgan fingerprint density at radius 2 is 1.57 bits per heavy atom. The van der Waals surface area contributed by atoms with Gasteiger partial charge in [-0.05, 0) is 47.0 Å². The fourth-order valence-corrected chi connectivity index (χ4v) is 5.46. The smallest absolute Gasteiger partial charge is 0.255 e. The molecule has 1 fully saturated rings. The molecule has 0 unspecified atom stereocenters. The minimum absolute atomic E-state index is 0.0888. The predicted molar refractivity (Wildman–Crippen MR) is 143 cm³/mol. The van der Waals surface area contributed by atoms with Gasteiger partial charge in [-0.2, -0.15) is 0 Å². The lowest BCUT2D eigenvalue weighted by molar-refractivity contribution is -0.128. The Bertz CT molecular complexity index is 1340. The van der Waals surface area contributed by atoms with Crippen LogP contribution in [0.4, 0.5) is 5.69 Å². The molecule has 0 aliphatic carbocycles. The minimum atomic E-state index is -0.173. The normalized spacial score (nSPS) is 15.3. The van der Waals surface area contributed by atoms with Gasteiger partial charge in [-0.1, -0.05) is 84.4 Å². The maximum absolute atomic E-state index is 13.0. The zero-order valence-corrected chi connectivity index (χ0v) is 20.4. The first-order valence-corrected chi connectivity index (χ1v) is 12.7. The molecule has 174 valence electrons. The van der Waals surface area contributed by atoms with E-state index >= 15 is 0 Å². The quantitative estimate of drug-likeness (QED) is 0.310. The zero-order chi connectivity index (χ0) is 24.2. The summed E-state index contributed by atoms with van der Waals surface area (Å²) in [6.45, 7) is 0.520. The molecule has 0 saturated carbocycles. The number of amides is 2. The number of thioether (sulfide) groups is 1. The van der Waals surface area contributed by atoms with Crippen molar-refractivity contribution in [3.63, 3.8) is 0 Å². The highest BCUT2D eigenvalue weighted by Crippen LogP contribution is 2.39. The van der Waals surface area contributed by atoms with Gasteiger partial charge in [0.05, 0.1) is 5.75 Å². The molecule has 4 nitrogen and oxygen atoms in total. The van der Waals surface area contributed by atoms with Gasteiger partial charge in [0.1, 0.15) is 5.37 Å². The molecule has 4 aromatic carbocycles. The number of anilines is 1. The number of nitrogens with one attached hydrogen (secondary N) is 1. The van der Waals surface area contributed by atoms with E-state index in [0.717, 1.165) is 27.9 Å². The number of benzene rings is 4. The molecule has 1 heterocycles. The first-order chi connectivity index (χ1) is 17.1. The minimum Gasteiger partial charge on any atom is -0.322 e. The molecule has 0 aromatic heterocycles. The van der Waals surface area contributed by atoms with Crippen LogP contribution in [0.1, 0.15) is 26.9 Å². The number of nitrogens with zero attached hydrogens (tertiary/aromatic N) is 1. The Morgan fingerprint density at radius 1 is 0.886 bits per heavy atom. The molecular weight excluding hydrogens is 476 g/mol. The number of carbonyl (C=O) groups is 2. The molecule has 1 aliphatic rings. The van der Waals surface area contributed by atoms with Gasteiger partial charge in [-0.15, -0.1) is 11.8 Å². The third kappa shape index (κ3) is 5.26. The lowest BCUT2D eigenvalue weighted by Gasteiger charge is -2.24. The van der Waals surface area contributed by atoms with Gasteiger partial charge in [0, 0.05) is 28.4 Å². The summed E-state index contributed by atoms with van der Waals surface area (Å²) < 4.78 is 0. The Balaban J connectivity index is 1.31. The van der Waals surface area contributed by atoms with Crippen molar-refractivity contribution < 1.29 is 9.59 Å². The van der Waals surface area contributed by atoms with Crippen LogP contribution in [-0.2, 0) is 11.3 Å². The van der Waals surface area contributed by atoms with E-state index in [1.165, 1.54) is 0 Å². The van der Waals surface area contributed by atoms with Crippen LogP contribution in [0.3, 0.4) is 0 Å². The topological polar surface area (TPSA) is 49.4 Å². The first kappa shape index (κ1) is 23.2. The molecule has 1 N–H and O–H groups in total. The van der Waals surface area contributed by atoms with Crippen LogP contribution in [0.5, 0.6) is 0 Å². The molecule has 6 heteroatoms. The van der Waals surface area contributed by atoms with Crippen molar-refractivity contribution in [1.29, 1.82) is 0 Å². The van der Waals surface area contributed by atoms with Crippen molar-refractivity contribution in [3.8, 4) is 11.1 Å². The highest BCUT2D eigenvalue weighted by Gasteiger charge is 2.32. The Hall–Kier alpha value is -3.54. The predicted octanol–water partition coefficient (Wildman–Crippen LogP) is 7.03. The lowest BCUT2D eigenvalue weighted by Crippen LogP contribution is -2.27. The van der Waals surface area contributed by atoms with Crippen LogP contribution >= 0.6 is 23.4 Å². The summed E-state index contributed by atoms with van der Waals surface area (Å²) in [6.07, 6.45) is 0. The van der Waals surface area contributed by atoms with E-state index in [2.05, 4.69) is 5.32 Å². The van der Waals surface area contributed by atoms with Gasteiger partial charge in [0.25, 0.3) is 5.91 Å². The third-order valence-corrected chi connectivity index (χ3v) is 7.46. The van der Waals surface area contributed by atoms with E-state index in [-0.39, 0.29) is 17.2 Å². The summed E-state index contributed by atoms with van der Waals surface area (Å²) in [5.41, 5.74) is 5.37. The molecule has 2 amide bonds. The molecule has 1 saturated heterocycles. The number of hydrogen-bond acceptors (Lipinski definition) is 3.